The van der Waals surface area contributed by atoms with Crippen LogP contribution in [0.3, 0.4) is 0 Å². The van der Waals surface area contributed by atoms with Crippen LogP contribution in [0.5, 0.6) is 0 Å². The first-order chi connectivity index (χ1) is 24.8. The normalized spacial score (nSPS) is 13.0. The lowest BCUT2D eigenvalue weighted by Crippen LogP contribution is -2.28. The lowest BCUT2D eigenvalue weighted by molar-refractivity contribution is 0.666. The number of para-hydroxylation sites is 1. The van der Waals surface area contributed by atoms with Crippen LogP contribution in [0, 0.1) is 0 Å². The zero-order valence-corrected chi connectivity index (χ0v) is 27.0. The predicted octanol–water partition coefficient (Wildman–Crippen LogP) is 11.1. The van der Waals surface area contributed by atoms with E-state index in [1.54, 1.807) is 0 Å². The molecule has 0 atom stereocenters. The molecule has 9 aromatic rings. The summed E-state index contributed by atoms with van der Waals surface area (Å²) in [5, 5.41) is 2.07. The van der Waals surface area contributed by atoms with Crippen LogP contribution in [0.15, 0.2) is 180 Å². The maximum Gasteiger partial charge on any atom is 0.167 e. The Bertz CT molecular complexity index is 2600. The zero-order valence-electron chi connectivity index (χ0n) is 27.0. The number of hydrogen-bond acceptors (Lipinski definition) is 4. The van der Waals surface area contributed by atoms with Crippen LogP contribution >= 0.6 is 0 Å². The molecular weight excluding hydrogens is 611 g/mol. The van der Waals surface area contributed by atoms with Gasteiger partial charge in [-0.2, -0.15) is 0 Å². The van der Waals surface area contributed by atoms with E-state index in [9.17, 15) is 0 Å². The second-order valence-electron chi connectivity index (χ2n) is 12.7. The molecule has 0 aliphatic heterocycles. The summed E-state index contributed by atoms with van der Waals surface area (Å²) in [7, 11) is 0. The van der Waals surface area contributed by atoms with Crippen molar-refractivity contribution in [1.29, 1.82) is 0 Å². The molecule has 0 spiro atoms. The molecule has 0 saturated carbocycles. The summed E-state index contributed by atoms with van der Waals surface area (Å²) in [6, 6.07) is 61.5. The van der Waals surface area contributed by atoms with Crippen molar-refractivity contribution in [2.24, 2.45) is 0 Å². The van der Waals surface area contributed by atoms with E-state index in [2.05, 4.69) is 109 Å². The SMILES string of the molecule is c1ccc(-c2nc(-c3ccccc3)nc(-c3cccc4c3oc3cc(C5(c6ccccc6)c6ccccc6-c6ccccc65)ccc34)n2)cc1. The van der Waals surface area contributed by atoms with E-state index in [0.717, 1.165) is 44.2 Å². The second kappa shape index (κ2) is 11.2. The van der Waals surface area contributed by atoms with Crippen LogP contribution in [0.4, 0.5) is 0 Å². The van der Waals surface area contributed by atoms with Crippen molar-refractivity contribution >= 4 is 21.9 Å². The van der Waals surface area contributed by atoms with Crippen molar-refractivity contribution in [2.45, 2.75) is 5.41 Å². The third-order valence-electron chi connectivity index (χ3n) is 10.0. The Morgan fingerprint density at radius 2 is 0.900 bits per heavy atom. The van der Waals surface area contributed by atoms with E-state index in [4.69, 9.17) is 19.4 Å². The molecule has 2 heterocycles. The van der Waals surface area contributed by atoms with Crippen molar-refractivity contribution < 1.29 is 4.42 Å². The molecule has 0 saturated heterocycles. The Labute approximate surface area is 289 Å². The molecule has 50 heavy (non-hydrogen) atoms. The van der Waals surface area contributed by atoms with Gasteiger partial charge in [0.1, 0.15) is 11.2 Å². The maximum absolute atomic E-state index is 6.89. The van der Waals surface area contributed by atoms with Gasteiger partial charge in [-0.15, -0.1) is 0 Å². The summed E-state index contributed by atoms with van der Waals surface area (Å²) in [4.78, 5) is 14.9. The molecule has 0 bridgehead atoms. The van der Waals surface area contributed by atoms with E-state index in [0.29, 0.717) is 17.5 Å². The lowest BCUT2D eigenvalue weighted by Gasteiger charge is -2.33. The van der Waals surface area contributed by atoms with Gasteiger partial charge in [0, 0.05) is 21.9 Å². The minimum absolute atomic E-state index is 0.506. The van der Waals surface area contributed by atoms with Gasteiger partial charge in [0.15, 0.2) is 17.5 Å². The van der Waals surface area contributed by atoms with E-state index < -0.39 is 5.41 Å². The third-order valence-corrected chi connectivity index (χ3v) is 10.0. The summed E-state index contributed by atoms with van der Waals surface area (Å²) >= 11 is 0. The molecule has 0 fully saturated rings. The fraction of sp³-hybridized carbons (Fsp3) is 0.0217. The highest BCUT2D eigenvalue weighted by atomic mass is 16.3. The molecule has 1 aliphatic rings. The van der Waals surface area contributed by atoms with Crippen molar-refractivity contribution in [3.05, 3.63) is 198 Å². The Morgan fingerprint density at radius 1 is 0.380 bits per heavy atom. The van der Waals surface area contributed by atoms with Crippen molar-refractivity contribution in [1.82, 2.24) is 15.0 Å². The van der Waals surface area contributed by atoms with Gasteiger partial charge in [-0.1, -0.05) is 164 Å². The predicted molar refractivity (Wildman–Crippen MR) is 201 cm³/mol. The van der Waals surface area contributed by atoms with Gasteiger partial charge in [0.25, 0.3) is 0 Å². The number of nitrogens with zero attached hydrogens (tertiary/aromatic N) is 3. The van der Waals surface area contributed by atoms with E-state index in [1.807, 2.05) is 66.7 Å². The molecule has 10 rings (SSSR count). The van der Waals surface area contributed by atoms with Gasteiger partial charge < -0.3 is 4.42 Å². The first-order valence-corrected chi connectivity index (χ1v) is 16.9. The second-order valence-corrected chi connectivity index (χ2v) is 12.7. The van der Waals surface area contributed by atoms with Gasteiger partial charge in [-0.3, -0.25) is 0 Å². The summed E-state index contributed by atoms with van der Waals surface area (Å²) in [6.07, 6.45) is 0. The Kier molecular flexibility index (Phi) is 6.36. The summed E-state index contributed by atoms with van der Waals surface area (Å²) in [5.74, 6) is 1.81. The highest BCUT2D eigenvalue weighted by Gasteiger charge is 2.46. The van der Waals surface area contributed by atoms with Crippen molar-refractivity contribution in [3.63, 3.8) is 0 Å². The zero-order chi connectivity index (χ0) is 33.1. The third kappa shape index (κ3) is 4.22. The quantitative estimate of drug-likeness (QED) is 0.188. The minimum Gasteiger partial charge on any atom is -0.455 e. The van der Waals surface area contributed by atoms with Gasteiger partial charge in [-0.05, 0) is 45.5 Å². The van der Waals surface area contributed by atoms with Crippen LogP contribution in [-0.4, -0.2) is 15.0 Å². The maximum atomic E-state index is 6.89. The van der Waals surface area contributed by atoms with Gasteiger partial charge in [-0.25, -0.2) is 15.0 Å². The van der Waals surface area contributed by atoms with E-state index in [1.165, 1.54) is 27.8 Å². The topological polar surface area (TPSA) is 51.8 Å². The molecular formula is C46H29N3O. The van der Waals surface area contributed by atoms with Crippen molar-refractivity contribution in [3.8, 4) is 45.3 Å². The Balaban J connectivity index is 1.21. The van der Waals surface area contributed by atoms with Crippen LogP contribution in [0.1, 0.15) is 22.3 Å². The monoisotopic (exact) mass is 639 g/mol. The Morgan fingerprint density at radius 3 is 1.52 bits per heavy atom. The number of hydrogen-bond donors (Lipinski definition) is 0. The van der Waals surface area contributed by atoms with Crippen LogP contribution in [0.25, 0.3) is 67.2 Å². The van der Waals surface area contributed by atoms with Gasteiger partial charge in [0.05, 0.1) is 11.0 Å². The fourth-order valence-corrected chi connectivity index (χ4v) is 7.85. The minimum atomic E-state index is -0.506. The van der Waals surface area contributed by atoms with Crippen molar-refractivity contribution in [2.75, 3.05) is 0 Å². The molecule has 4 heteroatoms. The summed E-state index contributed by atoms with van der Waals surface area (Å²) < 4.78 is 6.89. The molecule has 7 aromatic carbocycles. The molecule has 0 unspecified atom stereocenters. The van der Waals surface area contributed by atoms with Crippen LogP contribution < -0.4 is 0 Å². The van der Waals surface area contributed by atoms with Gasteiger partial charge in [0.2, 0.25) is 0 Å². The fourth-order valence-electron chi connectivity index (χ4n) is 7.85. The number of aromatic nitrogens is 3. The van der Waals surface area contributed by atoms with Crippen LogP contribution in [0.2, 0.25) is 0 Å². The average molecular weight is 640 g/mol. The number of fused-ring (bicyclic) bond motifs is 6. The molecule has 1 aliphatic carbocycles. The highest BCUT2D eigenvalue weighted by Crippen LogP contribution is 2.56. The number of furan rings is 1. The lowest BCUT2D eigenvalue weighted by atomic mass is 9.67. The first kappa shape index (κ1) is 28.4. The first-order valence-electron chi connectivity index (χ1n) is 16.9. The summed E-state index contributed by atoms with van der Waals surface area (Å²) in [6.45, 7) is 0. The summed E-state index contributed by atoms with van der Waals surface area (Å²) in [5.41, 5.74) is 11.2. The van der Waals surface area contributed by atoms with E-state index in [-0.39, 0.29) is 0 Å². The molecule has 2 aromatic heterocycles. The van der Waals surface area contributed by atoms with Gasteiger partial charge >= 0.3 is 0 Å². The smallest absolute Gasteiger partial charge is 0.167 e. The molecule has 4 nitrogen and oxygen atoms in total. The largest absolute Gasteiger partial charge is 0.455 e. The highest BCUT2D eigenvalue weighted by molar-refractivity contribution is 6.09. The van der Waals surface area contributed by atoms with Crippen LogP contribution in [-0.2, 0) is 5.41 Å². The Hall–Kier alpha value is -6.65. The molecule has 0 amide bonds. The molecule has 0 N–H and O–H groups in total. The number of rotatable bonds is 5. The standard InChI is InChI=1S/C46H29N3O/c1-4-15-30(16-5-1)43-47-44(31-17-6-2-7-18-31)49-45(48-43)38-24-14-23-37-36-28-27-33(29-41(36)50-42(37)38)46(32-19-8-3-9-20-32)39-25-12-10-21-34(39)35-22-11-13-26-40(35)46/h1-29H. The molecule has 0 radical (unpaired) electrons. The number of benzene rings is 7. The average Bonchev–Trinajstić information content (AvgIpc) is 3.72. The van der Waals surface area contributed by atoms with E-state index >= 15 is 0 Å². The molecule has 234 valence electrons.